The highest BCUT2D eigenvalue weighted by molar-refractivity contribution is 9.10. The molecule has 1 saturated heterocycles. The van der Waals surface area contributed by atoms with E-state index in [2.05, 4.69) is 26.1 Å². The van der Waals surface area contributed by atoms with Gasteiger partial charge in [-0.3, -0.25) is 9.69 Å². The Bertz CT molecular complexity index is 388. The largest absolute Gasteiger partial charge is 0.399 e. The van der Waals surface area contributed by atoms with Crippen LogP contribution in [0.15, 0.2) is 22.7 Å². The molecule has 1 amide bonds. The summed E-state index contributed by atoms with van der Waals surface area (Å²) >= 11 is 3.41. The van der Waals surface area contributed by atoms with Crippen molar-refractivity contribution in [2.45, 2.75) is 6.54 Å². The van der Waals surface area contributed by atoms with Gasteiger partial charge in [0.15, 0.2) is 0 Å². The van der Waals surface area contributed by atoms with Crippen LogP contribution < -0.4 is 11.1 Å². The molecule has 4 nitrogen and oxygen atoms in total. The molecular formula is C11H14BrN3O. The summed E-state index contributed by atoms with van der Waals surface area (Å²) in [5.41, 5.74) is 7.63. The molecule has 86 valence electrons. The highest BCUT2D eigenvalue weighted by Crippen LogP contribution is 2.18. The number of hydrogen-bond donors (Lipinski definition) is 2. The summed E-state index contributed by atoms with van der Waals surface area (Å²) in [7, 11) is 0. The Kier molecular flexibility index (Phi) is 3.46. The zero-order valence-electron chi connectivity index (χ0n) is 8.87. The summed E-state index contributed by atoms with van der Waals surface area (Å²) in [6.07, 6.45) is 0. The molecule has 0 radical (unpaired) electrons. The van der Waals surface area contributed by atoms with Crippen LogP contribution in [0.25, 0.3) is 0 Å². The second-order valence-corrected chi connectivity index (χ2v) is 4.87. The number of piperazine rings is 1. The number of halogens is 1. The lowest BCUT2D eigenvalue weighted by Gasteiger charge is -2.26. The number of anilines is 1. The van der Waals surface area contributed by atoms with Crippen molar-refractivity contribution < 1.29 is 4.79 Å². The lowest BCUT2D eigenvalue weighted by Crippen LogP contribution is -2.47. The Morgan fingerprint density at radius 1 is 1.44 bits per heavy atom. The van der Waals surface area contributed by atoms with Crippen LogP contribution in [0.3, 0.4) is 0 Å². The fourth-order valence-corrected chi connectivity index (χ4v) is 2.41. The van der Waals surface area contributed by atoms with E-state index in [4.69, 9.17) is 5.73 Å². The van der Waals surface area contributed by atoms with Gasteiger partial charge in [0.1, 0.15) is 0 Å². The van der Waals surface area contributed by atoms with Crippen LogP contribution in [0, 0.1) is 0 Å². The Labute approximate surface area is 103 Å². The van der Waals surface area contributed by atoms with Gasteiger partial charge in [-0.25, -0.2) is 0 Å². The number of nitrogens with zero attached hydrogens (tertiary/aromatic N) is 1. The molecule has 0 spiro atoms. The SMILES string of the molecule is Nc1cc(Br)cc(CN2CCNC(=O)C2)c1. The topological polar surface area (TPSA) is 58.4 Å². The highest BCUT2D eigenvalue weighted by atomic mass is 79.9. The van der Waals surface area contributed by atoms with Gasteiger partial charge in [0.25, 0.3) is 0 Å². The summed E-state index contributed by atoms with van der Waals surface area (Å²) in [4.78, 5) is 13.3. The van der Waals surface area contributed by atoms with Gasteiger partial charge >= 0.3 is 0 Å². The molecule has 1 aliphatic rings. The molecule has 0 unspecified atom stereocenters. The molecule has 0 saturated carbocycles. The quantitative estimate of drug-likeness (QED) is 0.795. The Morgan fingerprint density at radius 3 is 2.94 bits per heavy atom. The first kappa shape index (κ1) is 11.4. The minimum Gasteiger partial charge on any atom is -0.399 e. The van der Waals surface area contributed by atoms with E-state index in [1.54, 1.807) is 0 Å². The average Bonchev–Trinajstić information content (AvgIpc) is 2.15. The van der Waals surface area contributed by atoms with E-state index < -0.39 is 0 Å². The second-order valence-electron chi connectivity index (χ2n) is 3.95. The van der Waals surface area contributed by atoms with Crippen LogP contribution in [0.5, 0.6) is 0 Å². The molecule has 1 aromatic carbocycles. The second kappa shape index (κ2) is 4.84. The molecule has 0 aliphatic carbocycles. The van der Waals surface area contributed by atoms with Crippen molar-refractivity contribution in [1.82, 2.24) is 10.2 Å². The summed E-state index contributed by atoms with van der Waals surface area (Å²) in [6.45, 7) is 2.84. The third-order valence-electron chi connectivity index (χ3n) is 2.50. The van der Waals surface area contributed by atoms with Crippen LogP contribution in [-0.4, -0.2) is 30.4 Å². The molecule has 1 aromatic rings. The van der Waals surface area contributed by atoms with Gasteiger partial charge < -0.3 is 11.1 Å². The standard InChI is InChI=1S/C11H14BrN3O/c12-9-3-8(4-10(13)5-9)6-15-2-1-14-11(16)7-15/h3-5H,1-2,6-7,13H2,(H,14,16). The zero-order chi connectivity index (χ0) is 11.5. The average molecular weight is 284 g/mol. The van der Waals surface area contributed by atoms with E-state index in [0.717, 1.165) is 35.4 Å². The van der Waals surface area contributed by atoms with E-state index in [9.17, 15) is 4.79 Å². The van der Waals surface area contributed by atoms with E-state index in [-0.39, 0.29) is 5.91 Å². The first-order valence-electron chi connectivity index (χ1n) is 5.17. The van der Waals surface area contributed by atoms with Crippen molar-refractivity contribution in [2.75, 3.05) is 25.4 Å². The van der Waals surface area contributed by atoms with Crippen LogP contribution in [0.2, 0.25) is 0 Å². The molecule has 0 bridgehead atoms. The molecule has 1 heterocycles. The van der Waals surface area contributed by atoms with Gasteiger partial charge in [-0.1, -0.05) is 15.9 Å². The van der Waals surface area contributed by atoms with E-state index in [1.165, 1.54) is 0 Å². The Balaban J connectivity index is 2.05. The molecule has 2 rings (SSSR count). The number of nitrogens with two attached hydrogens (primary N) is 1. The van der Waals surface area contributed by atoms with Crippen molar-refractivity contribution in [1.29, 1.82) is 0 Å². The van der Waals surface area contributed by atoms with Gasteiger partial charge in [0.05, 0.1) is 6.54 Å². The molecule has 0 atom stereocenters. The normalized spacial score (nSPS) is 17.2. The predicted molar refractivity (Wildman–Crippen MR) is 66.8 cm³/mol. The van der Waals surface area contributed by atoms with Crippen LogP contribution in [0.1, 0.15) is 5.56 Å². The summed E-state index contributed by atoms with van der Waals surface area (Å²) in [5.74, 6) is 0.0919. The molecule has 1 aliphatic heterocycles. The first-order valence-corrected chi connectivity index (χ1v) is 5.97. The number of nitrogens with one attached hydrogen (secondary N) is 1. The molecule has 16 heavy (non-hydrogen) atoms. The van der Waals surface area contributed by atoms with Crippen LogP contribution >= 0.6 is 15.9 Å². The van der Waals surface area contributed by atoms with Crippen LogP contribution in [0.4, 0.5) is 5.69 Å². The number of carbonyl (C=O) groups excluding carboxylic acids is 1. The van der Waals surface area contributed by atoms with Crippen molar-refractivity contribution in [2.24, 2.45) is 0 Å². The highest BCUT2D eigenvalue weighted by Gasteiger charge is 2.16. The minimum absolute atomic E-state index is 0.0919. The van der Waals surface area contributed by atoms with Crippen molar-refractivity contribution in [3.8, 4) is 0 Å². The molecule has 5 heteroatoms. The number of nitrogen functional groups attached to an aromatic ring is 1. The molecule has 0 aromatic heterocycles. The maximum absolute atomic E-state index is 11.2. The van der Waals surface area contributed by atoms with Gasteiger partial charge in [0.2, 0.25) is 5.91 Å². The number of rotatable bonds is 2. The fourth-order valence-electron chi connectivity index (χ4n) is 1.85. The lowest BCUT2D eigenvalue weighted by atomic mass is 10.2. The van der Waals surface area contributed by atoms with Gasteiger partial charge in [-0.15, -0.1) is 0 Å². The first-order chi connectivity index (χ1) is 7.63. The lowest BCUT2D eigenvalue weighted by molar-refractivity contribution is -0.124. The fraction of sp³-hybridized carbons (Fsp3) is 0.364. The maximum atomic E-state index is 11.2. The number of hydrogen-bond acceptors (Lipinski definition) is 3. The smallest absolute Gasteiger partial charge is 0.234 e. The number of amides is 1. The molecule has 3 N–H and O–H groups in total. The monoisotopic (exact) mass is 283 g/mol. The van der Waals surface area contributed by atoms with E-state index >= 15 is 0 Å². The summed E-state index contributed by atoms with van der Waals surface area (Å²) in [6, 6.07) is 5.84. The Morgan fingerprint density at radius 2 is 2.25 bits per heavy atom. The Hall–Kier alpha value is -1.07. The summed E-state index contributed by atoms with van der Waals surface area (Å²) in [5, 5.41) is 2.81. The third-order valence-corrected chi connectivity index (χ3v) is 2.96. The maximum Gasteiger partial charge on any atom is 0.234 e. The molecular weight excluding hydrogens is 270 g/mol. The van der Waals surface area contributed by atoms with Gasteiger partial charge in [-0.2, -0.15) is 0 Å². The van der Waals surface area contributed by atoms with Gasteiger partial charge in [-0.05, 0) is 23.8 Å². The van der Waals surface area contributed by atoms with Crippen LogP contribution in [-0.2, 0) is 11.3 Å². The predicted octanol–water partition coefficient (Wildman–Crippen LogP) is 0.963. The van der Waals surface area contributed by atoms with Crippen molar-refractivity contribution >= 4 is 27.5 Å². The zero-order valence-corrected chi connectivity index (χ0v) is 10.5. The van der Waals surface area contributed by atoms with Crippen molar-refractivity contribution in [3.05, 3.63) is 28.2 Å². The molecule has 1 fully saturated rings. The summed E-state index contributed by atoms with van der Waals surface area (Å²) < 4.78 is 0.976. The third kappa shape index (κ3) is 2.96. The number of carbonyl (C=O) groups is 1. The minimum atomic E-state index is 0.0919. The van der Waals surface area contributed by atoms with Crippen molar-refractivity contribution in [3.63, 3.8) is 0 Å². The van der Waals surface area contributed by atoms with E-state index in [0.29, 0.717) is 6.54 Å². The van der Waals surface area contributed by atoms with E-state index in [1.807, 2.05) is 18.2 Å². The number of benzene rings is 1. The van der Waals surface area contributed by atoms with Gasteiger partial charge in [0, 0.05) is 29.8 Å².